The number of nitriles is 1. The van der Waals surface area contributed by atoms with Gasteiger partial charge in [-0.15, -0.1) is 0 Å². The number of nitrogens with one attached hydrogen (secondary N) is 1. The number of alkyl carbamates (subject to hydrolysis) is 1. The molecule has 1 aliphatic carbocycles. The molecule has 4 nitrogen and oxygen atoms in total. The first-order valence-corrected chi connectivity index (χ1v) is 6.46. The van der Waals surface area contributed by atoms with Gasteiger partial charge >= 0.3 is 6.09 Å². The van der Waals surface area contributed by atoms with E-state index in [-0.39, 0.29) is 12.1 Å². The highest BCUT2D eigenvalue weighted by molar-refractivity contribution is 5.68. The van der Waals surface area contributed by atoms with E-state index in [9.17, 15) is 4.79 Å². The minimum atomic E-state index is -0.459. The molecule has 1 aliphatic rings. The van der Waals surface area contributed by atoms with E-state index < -0.39 is 5.60 Å². The Hall–Kier alpha value is -1.50. The van der Waals surface area contributed by atoms with Crippen LogP contribution in [0.15, 0.2) is 12.2 Å². The van der Waals surface area contributed by atoms with E-state index in [1.165, 1.54) is 6.08 Å². The summed E-state index contributed by atoms with van der Waals surface area (Å²) in [5, 5.41) is 11.4. The third kappa shape index (κ3) is 5.72. The van der Waals surface area contributed by atoms with Crippen LogP contribution in [0, 0.1) is 17.2 Å². The number of carbonyl (C=O) groups is 1. The average Bonchev–Trinajstić information content (AvgIpc) is 2.24. The number of ether oxygens (including phenoxy) is 1. The van der Waals surface area contributed by atoms with Crippen LogP contribution in [0.3, 0.4) is 0 Å². The maximum absolute atomic E-state index is 11.6. The summed E-state index contributed by atoms with van der Waals surface area (Å²) in [5.74, 6) is 0.387. The van der Waals surface area contributed by atoms with Crippen molar-refractivity contribution in [3.05, 3.63) is 12.2 Å². The van der Waals surface area contributed by atoms with Crippen LogP contribution in [0.1, 0.15) is 46.5 Å². The lowest BCUT2D eigenvalue weighted by atomic mass is 9.85. The van der Waals surface area contributed by atoms with Gasteiger partial charge in [-0.25, -0.2) is 4.79 Å². The molecule has 1 saturated carbocycles. The summed E-state index contributed by atoms with van der Waals surface area (Å²) in [6.07, 6.45) is 7.14. The molecule has 0 saturated heterocycles. The van der Waals surface area contributed by atoms with E-state index in [0.29, 0.717) is 5.92 Å². The fourth-order valence-corrected chi connectivity index (χ4v) is 2.19. The third-order valence-electron chi connectivity index (χ3n) is 2.88. The van der Waals surface area contributed by atoms with Gasteiger partial charge in [-0.05, 0) is 46.0 Å². The molecule has 0 bridgehead atoms. The average molecular weight is 250 g/mol. The van der Waals surface area contributed by atoms with Crippen molar-refractivity contribution in [3.8, 4) is 6.07 Å². The van der Waals surface area contributed by atoms with Gasteiger partial charge in [0.2, 0.25) is 0 Å². The Morgan fingerprint density at radius 3 is 2.78 bits per heavy atom. The van der Waals surface area contributed by atoms with Crippen molar-refractivity contribution in [1.82, 2.24) is 5.32 Å². The Morgan fingerprint density at radius 1 is 1.44 bits per heavy atom. The van der Waals surface area contributed by atoms with E-state index in [2.05, 4.69) is 5.32 Å². The molecule has 1 fully saturated rings. The Kier molecular flexibility index (Phi) is 5.21. The highest BCUT2D eigenvalue weighted by atomic mass is 16.6. The largest absolute Gasteiger partial charge is 0.444 e. The van der Waals surface area contributed by atoms with Crippen molar-refractivity contribution in [2.45, 2.75) is 58.1 Å². The van der Waals surface area contributed by atoms with Crippen LogP contribution < -0.4 is 5.32 Å². The van der Waals surface area contributed by atoms with Crippen molar-refractivity contribution < 1.29 is 9.53 Å². The molecule has 0 aromatic carbocycles. The molecule has 1 rings (SSSR count). The molecule has 100 valence electrons. The van der Waals surface area contributed by atoms with Crippen LogP contribution in [0.2, 0.25) is 0 Å². The number of allylic oxidation sites excluding steroid dienone is 2. The summed E-state index contributed by atoms with van der Waals surface area (Å²) in [6.45, 7) is 5.56. The molecule has 1 N–H and O–H groups in total. The van der Waals surface area contributed by atoms with Gasteiger partial charge in [0, 0.05) is 12.1 Å². The Bertz CT molecular complexity index is 350. The molecule has 0 aromatic heterocycles. The van der Waals surface area contributed by atoms with E-state index in [1.54, 1.807) is 0 Å². The SMILES string of the molecule is CC(C)(C)OC(=O)NC1CCCC(C=CC#N)C1. The molecule has 0 aliphatic heterocycles. The molecule has 2 unspecified atom stereocenters. The summed E-state index contributed by atoms with van der Waals surface area (Å²) in [7, 11) is 0. The second kappa shape index (κ2) is 6.44. The van der Waals surface area contributed by atoms with E-state index >= 15 is 0 Å². The molecule has 1 amide bonds. The van der Waals surface area contributed by atoms with E-state index in [0.717, 1.165) is 25.7 Å². The van der Waals surface area contributed by atoms with Gasteiger partial charge in [-0.3, -0.25) is 0 Å². The van der Waals surface area contributed by atoms with E-state index in [4.69, 9.17) is 10.00 Å². The molecule has 0 heterocycles. The highest BCUT2D eigenvalue weighted by Gasteiger charge is 2.24. The summed E-state index contributed by atoms with van der Waals surface area (Å²) < 4.78 is 5.24. The smallest absolute Gasteiger partial charge is 0.407 e. The van der Waals surface area contributed by atoms with Crippen LogP contribution in [-0.2, 0) is 4.74 Å². The molecular formula is C14H22N2O2. The molecule has 2 atom stereocenters. The summed E-state index contributed by atoms with van der Waals surface area (Å²) in [5.41, 5.74) is -0.459. The van der Waals surface area contributed by atoms with Crippen molar-refractivity contribution in [3.63, 3.8) is 0 Å². The molecule has 4 heteroatoms. The topological polar surface area (TPSA) is 62.1 Å². The Morgan fingerprint density at radius 2 is 2.17 bits per heavy atom. The maximum atomic E-state index is 11.6. The first-order valence-electron chi connectivity index (χ1n) is 6.46. The van der Waals surface area contributed by atoms with E-state index in [1.807, 2.05) is 32.9 Å². The third-order valence-corrected chi connectivity index (χ3v) is 2.88. The minimum absolute atomic E-state index is 0.155. The first-order chi connectivity index (χ1) is 8.40. The Balaban J connectivity index is 2.41. The van der Waals surface area contributed by atoms with Gasteiger partial charge in [0.05, 0.1) is 6.07 Å². The lowest BCUT2D eigenvalue weighted by Gasteiger charge is -2.29. The number of carbonyl (C=O) groups excluding carboxylic acids is 1. The fourth-order valence-electron chi connectivity index (χ4n) is 2.19. The van der Waals surface area contributed by atoms with Gasteiger partial charge < -0.3 is 10.1 Å². The lowest BCUT2D eigenvalue weighted by Crippen LogP contribution is -2.41. The zero-order valence-corrected chi connectivity index (χ0v) is 11.4. The second-order valence-corrected chi connectivity index (χ2v) is 5.76. The number of hydrogen-bond acceptors (Lipinski definition) is 3. The summed E-state index contributed by atoms with van der Waals surface area (Å²) in [4.78, 5) is 11.6. The van der Waals surface area contributed by atoms with Gasteiger partial charge in [-0.1, -0.05) is 12.5 Å². The van der Waals surface area contributed by atoms with Crippen LogP contribution >= 0.6 is 0 Å². The second-order valence-electron chi connectivity index (χ2n) is 5.76. The van der Waals surface area contributed by atoms with Crippen molar-refractivity contribution in [1.29, 1.82) is 5.26 Å². The van der Waals surface area contributed by atoms with Gasteiger partial charge in [-0.2, -0.15) is 5.26 Å². The number of amides is 1. The predicted molar refractivity (Wildman–Crippen MR) is 69.9 cm³/mol. The van der Waals surface area contributed by atoms with Crippen LogP contribution in [0.4, 0.5) is 4.79 Å². The molecule has 18 heavy (non-hydrogen) atoms. The summed E-state index contributed by atoms with van der Waals surface area (Å²) >= 11 is 0. The minimum Gasteiger partial charge on any atom is -0.444 e. The molecular weight excluding hydrogens is 228 g/mol. The predicted octanol–water partition coefficient (Wildman–Crippen LogP) is 3.15. The quantitative estimate of drug-likeness (QED) is 0.766. The summed E-state index contributed by atoms with van der Waals surface area (Å²) in [6, 6.07) is 2.16. The molecule has 0 radical (unpaired) electrons. The zero-order valence-electron chi connectivity index (χ0n) is 11.4. The fraction of sp³-hybridized carbons (Fsp3) is 0.714. The number of nitrogens with zero attached hydrogens (tertiary/aromatic N) is 1. The van der Waals surface area contributed by atoms with Crippen molar-refractivity contribution in [2.24, 2.45) is 5.92 Å². The van der Waals surface area contributed by atoms with Crippen LogP contribution in [0.5, 0.6) is 0 Å². The van der Waals surface area contributed by atoms with Gasteiger partial charge in [0.15, 0.2) is 0 Å². The van der Waals surface area contributed by atoms with Crippen molar-refractivity contribution in [2.75, 3.05) is 0 Å². The normalized spacial score (nSPS) is 24.6. The molecule has 0 aromatic rings. The molecule has 0 spiro atoms. The van der Waals surface area contributed by atoms with Crippen molar-refractivity contribution >= 4 is 6.09 Å². The monoisotopic (exact) mass is 250 g/mol. The zero-order chi connectivity index (χ0) is 13.6. The van der Waals surface area contributed by atoms with Crippen LogP contribution in [-0.4, -0.2) is 17.7 Å². The van der Waals surface area contributed by atoms with Gasteiger partial charge in [0.25, 0.3) is 0 Å². The highest BCUT2D eigenvalue weighted by Crippen LogP contribution is 2.25. The maximum Gasteiger partial charge on any atom is 0.407 e. The number of rotatable bonds is 2. The lowest BCUT2D eigenvalue weighted by molar-refractivity contribution is 0.0488. The number of hydrogen-bond donors (Lipinski definition) is 1. The van der Waals surface area contributed by atoms with Crippen LogP contribution in [0.25, 0.3) is 0 Å². The first kappa shape index (κ1) is 14.6. The van der Waals surface area contributed by atoms with Gasteiger partial charge in [0.1, 0.15) is 5.60 Å². The Labute approximate surface area is 109 Å². The standard InChI is InChI=1S/C14H22N2O2/c1-14(2,3)18-13(17)16-12-8-4-6-11(10-12)7-5-9-15/h5,7,11-12H,4,6,8,10H2,1-3H3,(H,16,17).